The number of carbonyl (C=O) groups is 3. The third-order valence-corrected chi connectivity index (χ3v) is 10.7. The summed E-state index contributed by atoms with van der Waals surface area (Å²) in [6.07, 6.45) is -1.26. The average Bonchev–Trinajstić information content (AvgIpc) is 3.73. The van der Waals surface area contributed by atoms with Crippen molar-refractivity contribution in [1.29, 1.82) is 0 Å². The minimum atomic E-state index is -4.06. The van der Waals surface area contributed by atoms with E-state index in [4.69, 9.17) is 14.2 Å². The lowest BCUT2D eigenvalue weighted by Gasteiger charge is -2.38. The second-order valence-corrected chi connectivity index (χ2v) is 13.2. The first kappa shape index (κ1) is 32.1. The van der Waals surface area contributed by atoms with Gasteiger partial charge in [0, 0.05) is 6.54 Å². The molecule has 0 amide bonds. The van der Waals surface area contributed by atoms with E-state index in [1.54, 1.807) is 18.2 Å². The zero-order valence-electron chi connectivity index (χ0n) is 25.9. The van der Waals surface area contributed by atoms with E-state index >= 15 is 0 Å². The van der Waals surface area contributed by atoms with Gasteiger partial charge in [-0.25, -0.2) is 13.2 Å². The van der Waals surface area contributed by atoms with Crippen LogP contribution >= 0.6 is 0 Å². The highest BCUT2D eigenvalue weighted by Gasteiger charge is 2.51. The van der Waals surface area contributed by atoms with Crippen LogP contribution in [0.15, 0.2) is 114 Å². The molecular weight excluding hydrogens is 620 g/mol. The zero-order chi connectivity index (χ0) is 33.2. The van der Waals surface area contributed by atoms with Crippen LogP contribution in [0, 0.1) is 0 Å². The van der Waals surface area contributed by atoms with Crippen molar-refractivity contribution in [1.82, 2.24) is 9.62 Å². The fraction of sp³-hybridized carbons (Fsp3) is 0.250. The molecule has 0 unspecified atom stereocenters. The molecule has 1 aliphatic carbocycles. The summed E-state index contributed by atoms with van der Waals surface area (Å²) in [7, 11) is -1.77. The van der Waals surface area contributed by atoms with Crippen molar-refractivity contribution < 1.29 is 37.0 Å². The molecule has 0 aromatic heterocycles. The Morgan fingerprint density at radius 2 is 1.30 bits per heavy atom. The number of ether oxygens (including phenoxy) is 3. The Morgan fingerprint density at radius 1 is 0.766 bits per heavy atom. The summed E-state index contributed by atoms with van der Waals surface area (Å²) in [6, 6.07) is 29.9. The van der Waals surface area contributed by atoms with Crippen LogP contribution in [0.25, 0.3) is 11.1 Å². The van der Waals surface area contributed by atoms with Gasteiger partial charge < -0.3 is 14.2 Å². The standard InChI is InChI=1S/C36H34N2O8S/c1-44-34(40)31(32(35(41)45-2)46-33(39)30-22-13-23-38(30)47(42,43)25-16-7-4-8-17-25)37-36(24-14-5-3-6-15-24)28-20-11-9-18-26(28)27-19-10-12-21-29(27)36/h3-12,14-21,30-32,37H,13,22-23H2,1-2H3/t30-,31+,32+/m1/s1. The van der Waals surface area contributed by atoms with Gasteiger partial charge in [-0.1, -0.05) is 97.1 Å². The van der Waals surface area contributed by atoms with Crippen molar-refractivity contribution >= 4 is 27.9 Å². The molecule has 6 rings (SSSR count). The number of nitrogens with one attached hydrogen (secondary N) is 1. The van der Waals surface area contributed by atoms with Crippen LogP contribution in [0.4, 0.5) is 0 Å². The molecule has 1 heterocycles. The van der Waals surface area contributed by atoms with Gasteiger partial charge in [-0.15, -0.1) is 0 Å². The van der Waals surface area contributed by atoms with Gasteiger partial charge >= 0.3 is 17.9 Å². The molecule has 1 aliphatic heterocycles. The topological polar surface area (TPSA) is 128 Å². The maximum absolute atomic E-state index is 13.8. The molecule has 0 radical (unpaired) electrons. The molecule has 0 bridgehead atoms. The third-order valence-electron chi connectivity index (χ3n) is 8.79. The van der Waals surface area contributed by atoms with Gasteiger partial charge in [0.15, 0.2) is 6.04 Å². The monoisotopic (exact) mass is 654 g/mol. The van der Waals surface area contributed by atoms with Crippen molar-refractivity contribution in [3.63, 3.8) is 0 Å². The number of hydrogen-bond acceptors (Lipinski definition) is 9. The largest absolute Gasteiger partial charge is 0.468 e. The lowest BCUT2D eigenvalue weighted by atomic mass is 9.79. The minimum Gasteiger partial charge on any atom is -0.468 e. The van der Waals surface area contributed by atoms with E-state index < -0.39 is 51.7 Å². The minimum absolute atomic E-state index is 0.0293. The Hall–Kier alpha value is -4.84. The summed E-state index contributed by atoms with van der Waals surface area (Å²) >= 11 is 0. The van der Waals surface area contributed by atoms with Crippen LogP contribution < -0.4 is 5.32 Å². The number of methoxy groups -OCH3 is 2. The molecule has 2 aliphatic rings. The van der Waals surface area contributed by atoms with Crippen LogP contribution in [-0.2, 0) is 44.2 Å². The molecule has 47 heavy (non-hydrogen) atoms. The molecule has 3 atom stereocenters. The molecule has 242 valence electrons. The molecule has 1 saturated heterocycles. The lowest BCUT2D eigenvalue weighted by molar-refractivity contribution is -0.174. The normalized spacial score (nSPS) is 18.0. The van der Waals surface area contributed by atoms with Crippen LogP contribution in [0.2, 0.25) is 0 Å². The van der Waals surface area contributed by atoms with Gasteiger partial charge in [0.05, 0.1) is 24.7 Å². The van der Waals surface area contributed by atoms with Gasteiger partial charge in [-0.3, -0.25) is 14.9 Å². The summed E-state index contributed by atoms with van der Waals surface area (Å²) in [5.74, 6) is -2.88. The molecule has 0 spiro atoms. The maximum Gasteiger partial charge on any atom is 0.349 e. The van der Waals surface area contributed by atoms with Gasteiger partial charge in [0.25, 0.3) is 0 Å². The summed E-state index contributed by atoms with van der Waals surface area (Å²) < 4.78 is 44.2. The van der Waals surface area contributed by atoms with Crippen molar-refractivity contribution in [3.05, 3.63) is 126 Å². The third kappa shape index (κ3) is 5.60. The Labute approximate surface area is 273 Å². The molecule has 4 aromatic carbocycles. The Bertz CT molecular complexity index is 1850. The van der Waals surface area contributed by atoms with Gasteiger partial charge in [0.2, 0.25) is 16.1 Å². The summed E-state index contributed by atoms with van der Waals surface area (Å²) in [5.41, 5.74) is 3.03. The van der Waals surface area contributed by atoms with Crippen LogP contribution in [-0.4, -0.2) is 69.6 Å². The molecule has 11 heteroatoms. The number of hydrogen-bond donors (Lipinski definition) is 1. The molecule has 10 nitrogen and oxygen atoms in total. The van der Waals surface area contributed by atoms with E-state index in [-0.39, 0.29) is 17.9 Å². The molecule has 0 saturated carbocycles. The van der Waals surface area contributed by atoms with Gasteiger partial charge in [-0.05, 0) is 52.8 Å². The number of nitrogens with zero attached hydrogens (tertiary/aromatic N) is 1. The van der Waals surface area contributed by atoms with Crippen molar-refractivity contribution in [2.24, 2.45) is 0 Å². The molecular formula is C36H34N2O8S. The maximum atomic E-state index is 13.8. The van der Waals surface area contributed by atoms with Crippen LogP contribution in [0.3, 0.4) is 0 Å². The predicted molar refractivity (Wildman–Crippen MR) is 172 cm³/mol. The molecule has 1 fully saturated rings. The van der Waals surface area contributed by atoms with Crippen molar-refractivity contribution in [3.8, 4) is 11.1 Å². The van der Waals surface area contributed by atoms with E-state index in [1.807, 2.05) is 78.9 Å². The SMILES string of the molecule is COC(=O)[C@@H](NC1(c2ccccc2)c2ccccc2-c2ccccc21)[C@H](OC(=O)[C@H]1CCCN1S(=O)(=O)c1ccccc1)C(=O)OC. The number of carbonyl (C=O) groups excluding carboxylic acids is 3. The zero-order valence-corrected chi connectivity index (χ0v) is 26.7. The number of rotatable bonds is 10. The van der Waals surface area contributed by atoms with Crippen LogP contribution in [0.1, 0.15) is 29.5 Å². The number of sulfonamides is 1. The number of esters is 3. The highest BCUT2D eigenvalue weighted by atomic mass is 32.2. The predicted octanol–water partition coefficient (Wildman–Crippen LogP) is 4.03. The highest BCUT2D eigenvalue weighted by Crippen LogP contribution is 2.51. The summed E-state index contributed by atoms with van der Waals surface area (Å²) in [6.45, 7) is 0.0866. The Balaban J connectivity index is 1.42. The smallest absolute Gasteiger partial charge is 0.349 e. The first-order valence-corrected chi connectivity index (χ1v) is 16.6. The first-order chi connectivity index (χ1) is 22.7. The number of fused-ring (bicyclic) bond motifs is 3. The quantitative estimate of drug-likeness (QED) is 0.199. The van der Waals surface area contributed by atoms with Crippen molar-refractivity contribution in [2.75, 3.05) is 20.8 Å². The summed E-state index contributed by atoms with van der Waals surface area (Å²) in [4.78, 5) is 41.0. The second-order valence-electron chi connectivity index (χ2n) is 11.3. The van der Waals surface area contributed by atoms with Gasteiger partial charge in [-0.2, -0.15) is 4.31 Å². The van der Waals surface area contributed by atoms with Crippen molar-refractivity contribution in [2.45, 2.75) is 41.5 Å². The van der Waals surface area contributed by atoms with E-state index in [0.29, 0.717) is 6.42 Å². The van der Waals surface area contributed by atoms with E-state index in [1.165, 1.54) is 19.2 Å². The number of benzene rings is 4. The average molecular weight is 655 g/mol. The van der Waals surface area contributed by atoms with Gasteiger partial charge in [0.1, 0.15) is 6.04 Å². The fourth-order valence-electron chi connectivity index (χ4n) is 6.65. The van der Waals surface area contributed by atoms with E-state index in [9.17, 15) is 22.8 Å². The second kappa shape index (κ2) is 13.1. The fourth-order valence-corrected chi connectivity index (χ4v) is 8.32. The first-order valence-electron chi connectivity index (χ1n) is 15.2. The van der Waals surface area contributed by atoms with Crippen LogP contribution in [0.5, 0.6) is 0 Å². The molecule has 4 aromatic rings. The van der Waals surface area contributed by atoms with E-state index in [2.05, 4.69) is 5.32 Å². The Morgan fingerprint density at radius 3 is 1.87 bits per heavy atom. The highest BCUT2D eigenvalue weighted by molar-refractivity contribution is 7.89. The van der Waals surface area contributed by atoms with E-state index in [0.717, 1.165) is 39.2 Å². The lowest BCUT2D eigenvalue weighted by Crippen LogP contribution is -2.60. The summed E-state index contributed by atoms with van der Waals surface area (Å²) in [5, 5.41) is 3.40. The Kier molecular flexibility index (Phi) is 8.96. The molecule has 1 N–H and O–H groups in total.